The molecule has 3 heterocycles. The van der Waals surface area contributed by atoms with Gasteiger partial charge in [-0.1, -0.05) is 42.5 Å². The number of pyridine rings is 1. The van der Waals surface area contributed by atoms with Crippen LogP contribution in [0.15, 0.2) is 97.3 Å². The Morgan fingerprint density at radius 3 is 2.54 bits per heavy atom. The number of hydrogen-bond acceptors (Lipinski definition) is 3. The number of carbonyl (C=O) groups excluding carboxylic acids is 1. The van der Waals surface area contributed by atoms with Crippen LogP contribution < -0.4 is 10.6 Å². The molecule has 2 aromatic carbocycles. The normalized spacial score (nSPS) is 17.3. The molecule has 0 bridgehead atoms. The Kier molecular flexibility index (Phi) is 6.59. The molecule has 2 N–H and O–H groups in total. The fourth-order valence-corrected chi connectivity index (χ4v) is 4.95. The van der Waals surface area contributed by atoms with Crippen LogP contribution in [0.3, 0.4) is 0 Å². The van der Waals surface area contributed by atoms with E-state index < -0.39 is 0 Å². The Morgan fingerprint density at radius 2 is 1.77 bits per heavy atom. The number of hydrogen-bond donors (Lipinski definition) is 2. The van der Waals surface area contributed by atoms with E-state index in [4.69, 9.17) is 12.2 Å². The first-order valence-electron chi connectivity index (χ1n) is 11.7. The summed E-state index contributed by atoms with van der Waals surface area (Å²) in [5.74, 6) is -0.0478. The number of para-hydroxylation sites is 2. The zero-order chi connectivity index (χ0) is 24.2. The molecule has 2 atom stereocenters. The largest absolute Gasteiger partial charge is 0.352 e. The number of aromatic nitrogens is 2. The molecule has 0 unspecified atom stereocenters. The highest BCUT2D eigenvalue weighted by Gasteiger charge is 2.41. The molecule has 6 nitrogen and oxygen atoms in total. The van der Waals surface area contributed by atoms with Crippen molar-refractivity contribution in [2.75, 3.05) is 11.9 Å². The third-order valence-electron chi connectivity index (χ3n) is 6.29. The van der Waals surface area contributed by atoms with Crippen LogP contribution in [-0.2, 0) is 4.79 Å². The van der Waals surface area contributed by atoms with Crippen LogP contribution in [0.2, 0.25) is 0 Å². The number of rotatable bonds is 7. The summed E-state index contributed by atoms with van der Waals surface area (Å²) in [4.78, 5) is 19.5. The summed E-state index contributed by atoms with van der Waals surface area (Å²) >= 11 is 5.78. The SMILES string of the molecule is Cc1ccccc1-n1cccc1[C@@H]1[C@H](c2ccccn2)NC(=S)N1CCC(=O)Nc1ccccc1. The highest BCUT2D eigenvalue weighted by molar-refractivity contribution is 7.80. The van der Waals surface area contributed by atoms with Gasteiger partial charge in [0.1, 0.15) is 0 Å². The van der Waals surface area contributed by atoms with Gasteiger partial charge in [-0.05, 0) is 67.2 Å². The van der Waals surface area contributed by atoms with Crippen molar-refractivity contribution in [2.45, 2.75) is 25.4 Å². The topological polar surface area (TPSA) is 62.2 Å². The molecule has 5 rings (SSSR count). The van der Waals surface area contributed by atoms with Gasteiger partial charge in [0.15, 0.2) is 5.11 Å². The maximum absolute atomic E-state index is 12.7. The van der Waals surface area contributed by atoms with E-state index in [0.29, 0.717) is 18.1 Å². The predicted octanol–water partition coefficient (Wildman–Crippen LogP) is 5.18. The van der Waals surface area contributed by atoms with Gasteiger partial charge in [0, 0.05) is 42.4 Å². The van der Waals surface area contributed by atoms with E-state index in [0.717, 1.165) is 22.8 Å². The van der Waals surface area contributed by atoms with Crippen molar-refractivity contribution < 1.29 is 4.79 Å². The average Bonchev–Trinajstić information content (AvgIpc) is 3.48. The van der Waals surface area contributed by atoms with Crippen molar-refractivity contribution in [1.82, 2.24) is 19.8 Å². The van der Waals surface area contributed by atoms with Gasteiger partial charge < -0.3 is 20.1 Å². The lowest BCUT2D eigenvalue weighted by atomic mass is 10.0. The zero-order valence-electron chi connectivity index (χ0n) is 19.5. The second-order valence-corrected chi connectivity index (χ2v) is 8.96. The Balaban J connectivity index is 1.46. The van der Waals surface area contributed by atoms with E-state index in [2.05, 4.69) is 62.5 Å². The maximum Gasteiger partial charge on any atom is 0.226 e. The monoisotopic (exact) mass is 481 g/mol. The molecule has 1 saturated heterocycles. The number of nitrogens with one attached hydrogen (secondary N) is 2. The lowest BCUT2D eigenvalue weighted by Crippen LogP contribution is -2.33. The van der Waals surface area contributed by atoms with Crippen molar-refractivity contribution in [3.05, 3.63) is 114 Å². The fourth-order valence-electron chi connectivity index (χ4n) is 4.62. The van der Waals surface area contributed by atoms with Gasteiger partial charge in [-0.2, -0.15) is 0 Å². The van der Waals surface area contributed by atoms with Gasteiger partial charge >= 0.3 is 0 Å². The first-order valence-corrected chi connectivity index (χ1v) is 12.1. The zero-order valence-corrected chi connectivity index (χ0v) is 20.3. The van der Waals surface area contributed by atoms with Crippen LogP contribution in [0.4, 0.5) is 5.69 Å². The van der Waals surface area contributed by atoms with Crippen molar-refractivity contribution in [1.29, 1.82) is 0 Å². The standard InChI is InChI=1S/C28H27N5OS/c1-20-10-5-6-14-23(20)32-18-9-15-24(32)27-26(22-13-7-8-17-29-22)31-28(35)33(27)19-16-25(34)30-21-11-3-2-4-12-21/h2-15,17-18,26-27H,16,19H2,1H3,(H,30,34)(H,31,35)/t26-,27+/m0/s1. The fraction of sp³-hybridized carbons (Fsp3) is 0.179. The van der Waals surface area contributed by atoms with Crippen molar-refractivity contribution in [2.24, 2.45) is 0 Å². The van der Waals surface area contributed by atoms with Crippen LogP contribution in [0, 0.1) is 6.92 Å². The minimum Gasteiger partial charge on any atom is -0.352 e. The maximum atomic E-state index is 12.7. The van der Waals surface area contributed by atoms with Crippen LogP contribution in [0.5, 0.6) is 0 Å². The molecule has 0 radical (unpaired) electrons. The molecule has 0 spiro atoms. The van der Waals surface area contributed by atoms with Crippen LogP contribution in [-0.4, -0.2) is 32.0 Å². The van der Waals surface area contributed by atoms with Crippen molar-refractivity contribution in [3.8, 4) is 5.69 Å². The first kappa shape index (κ1) is 22.8. The molecule has 1 aliphatic heterocycles. The van der Waals surface area contributed by atoms with E-state index in [1.165, 1.54) is 5.56 Å². The minimum absolute atomic E-state index is 0.0478. The van der Waals surface area contributed by atoms with Crippen LogP contribution in [0.1, 0.15) is 35.5 Å². The summed E-state index contributed by atoms with van der Waals surface area (Å²) in [5.41, 5.74) is 5.09. The molecular weight excluding hydrogens is 454 g/mol. The number of nitrogens with zero attached hydrogens (tertiary/aromatic N) is 3. The highest BCUT2D eigenvalue weighted by Crippen LogP contribution is 2.39. The number of amides is 1. The highest BCUT2D eigenvalue weighted by atomic mass is 32.1. The molecule has 7 heteroatoms. The van der Waals surface area contributed by atoms with E-state index >= 15 is 0 Å². The number of anilines is 1. The molecule has 176 valence electrons. The molecule has 4 aromatic rings. The summed E-state index contributed by atoms with van der Waals surface area (Å²) < 4.78 is 2.21. The van der Waals surface area contributed by atoms with Gasteiger partial charge in [-0.25, -0.2) is 0 Å². The van der Waals surface area contributed by atoms with E-state index in [-0.39, 0.29) is 18.0 Å². The Labute approximate surface area is 210 Å². The Bertz CT molecular complexity index is 1320. The summed E-state index contributed by atoms with van der Waals surface area (Å²) in [6, 6.07) is 27.6. The number of aryl methyl sites for hydroxylation is 1. The second-order valence-electron chi connectivity index (χ2n) is 8.57. The summed E-state index contributed by atoms with van der Waals surface area (Å²) in [7, 11) is 0. The average molecular weight is 482 g/mol. The van der Waals surface area contributed by atoms with Gasteiger partial charge in [0.25, 0.3) is 0 Å². The molecule has 0 aliphatic carbocycles. The van der Waals surface area contributed by atoms with Crippen molar-refractivity contribution >= 4 is 28.9 Å². The van der Waals surface area contributed by atoms with Crippen LogP contribution in [0.25, 0.3) is 5.69 Å². The summed E-state index contributed by atoms with van der Waals surface area (Å²) in [6.45, 7) is 2.59. The smallest absolute Gasteiger partial charge is 0.226 e. The molecular formula is C28H27N5OS. The summed E-state index contributed by atoms with van der Waals surface area (Å²) in [6.07, 6.45) is 4.19. The summed E-state index contributed by atoms with van der Waals surface area (Å²) in [5, 5.41) is 7.07. The lowest BCUT2D eigenvalue weighted by molar-refractivity contribution is -0.116. The molecule has 1 fully saturated rings. The van der Waals surface area contributed by atoms with Crippen molar-refractivity contribution in [3.63, 3.8) is 0 Å². The molecule has 0 saturated carbocycles. The molecule has 2 aromatic heterocycles. The Hall–Kier alpha value is -3.97. The number of benzene rings is 2. The van der Waals surface area contributed by atoms with E-state index in [1.54, 1.807) is 6.20 Å². The van der Waals surface area contributed by atoms with E-state index in [9.17, 15) is 4.79 Å². The quantitative estimate of drug-likeness (QED) is 0.356. The Morgan fingerprint density at radius 1 is 1.00 bits per heavy atom. The minimum atomic E-state index is -0.140. The second kappa shape index (κ2) is 10.1. The molecule has 1 aliphatic rings. The number of thiocarbonyl (C=S) groups is 1. The van der Waals surface area contributed by atoms with Gasteiger partial charge in [0.2, 0.25) is 5.91 Å². The van der Waals surface area contributed by atoms with E-state index in [1.807, 2.05) is 60.7 Å². The molecule has 35 heavy (non-hydrogen) atoms. The third kappa shape index (κ3) is 4.81. The third-order valence-corrected chi connectivity index (χ3v) is 6.65. The van der Waals surface area contributed by atoms with Gasteiger partial charge in [-0.3, -0.25) is 9.78 Å². The molecule has 1 amide bonds. The number of carbonyl (C=O) groups is 1. The first-order chi connectivity index (χ1) is 17.1. The van der Waals surface area contributed by atoms with Gasteiger partial charge in [-0.15, -0.1) is 0 Å². The lowest BCUT2D eigenvalue weighted by Gasteiger charge is -2.29. The van der Waals surface area contributed by atoms with Crippen LogP contribution >= 0.6 is 12.2 Å². The van der Waals surface area contributed by atoms with Gasteiger partial charge in [0.05, 0.1) is 17.8 Å². The predicted molar refractivity (Wildman–Crippen MR) is 142 cm³/mol.